The quantitative estimate of drug-likeness (QED) is 0.805. The van der Waals surface area contributed by atoms with Crippen molar-refractivity contribution in [2.24, 2.45) is 11.8 Å². The van der Waals surface area contributed by atoms with Crippen molar-refractivity contribution in [2.45, 2.75) is 63.4 Å². The predicted octanol–water partition coefficient (Wildman–Crippen LogP) is 3.76. The number of carbonyl (C=O) groups excluding carboxylic acids is 1. The Kier molecular flexibility index (Phi) is 5.37. The van der Waals surface area contributed by atoms with E-state index in [2.05, 4.69) is 5.32 Å². The second-order valence-corrected chi connectivity index (χ2v) is 7.38. The molecule has 1 amide bonds. The van der Waals surface area contributed by atoms with Gasteiger partial charge in [-0.15, -0.1) is 0 Å². The van der Waals surface area contributed by atoms with E-state index in [1.54, 1.807) is 0 Å². The summed E-state index contributed by atoms with van der Waals surface area (Å²) in [6.45, 7) is 0.338. The van der Waals surface area contributed by atoms with Crippen molar-refractivity contribution in [1.29, 1.82) is 0 Å². The van der Waals surface area contributed by atoms with E-state index in [9.17, 15) is 9.90 Å². The molecule has 2 aliphatic rings. The van der Waals surface area contributed by atoms with Gasteiger partial charge in [0.05, 0.1) is 6.54 Å². The second-order valence-electron chi connectivity index (χ2n) is 7.38. The molecule has 1 unspecified atom stereocenters. The van der Waals surface area contributed by atoms with Crippen molar-refractivity contribution in [3.8, 4) is 0 Å². The Balaban J connectivity index is 1.50. The second kappa shape index (κ2) is 7.48. The molecule has 0 bridgehead atoms. The van der Waals surface area contributed by atoms with E-state index >= 15 is 0 Å². The lowest BCUT2D eigenvalue weighted by atomic mass is 9.86. The Morgan fingerprint density at radius 2 is 1.78 bits per heavy atom. The average molecular weight is 315 g/mol. The van der Waals surface area contributed by atoms with Crippen LogP contribution < -0.4 is 5.32 Å². The number of amides is 1. The van der Waals surface area contributed by atoms with Gasteiger partial charge in [0.15, 0.2) is 0 Å². The highest BCUT2D eigenvalue weighted by molar-refractivity contribution is 5.76. The van der Waals surface area contributed by atoms with E-state index in [0.717, 1.165) is 30.7 Å². The van der Waals surface area contributed by atoms with Crippen molar-refractivity contribution >= 4 is 5.91 Å². The monoisotopic (exact) mass is 315 g/mol. The standard InChI is InChI=1S/C20H29NO2/c22-19(14-11-16-7-3-1-4-8-16)21-15-20(23,18-12-13-18)17-9-5-2-6-10-17/h2,5-6,9-10,16,18,23H,1,3-4,7-8,11-15H2,(H,21,22). The fourth-order valence-corrected chi connectivity index (χ4v) is 3.90. The van der Waals surface area contributed by atoms with Crippen LogP contribution in [0.1, 0.15) is 63.4 Å². The molecule has 1 atom stereocenters. The van der Waals surface area contributed by atoms with Gasteiger partial charge in [0, 0.05) is 6.42 Å². The first-order chi connectivity index (χ1) is 11.2. The van der Waals surface area contributed by atoms with Crippen LogP contribution in [0.5, 0.6) is 0 Å². The first-order valence-electron chi connectivity index (χ1n) is 9.23. The molecule has 2 saturated carbocycles. The van der Waals surface area contributed by atoms with Gasteiger partial charge in [-0.2, -0.15) is 0 Å². The highest BCUT2D eigenvalue weighted by Gasteiger charge is 2.45. The van der Waals surface area contributed by atoms with Gasteiger partial charge in [0.1, 0.15) is 5.60 Å². The summed E-state index contributed by atoms with van der Waals surface area (Å²) < 4.78 is 0. The third kappa shape index (κ3) is 4.35. The molecule has 0 radical (unpaired) electrons. The minimum Gasteiger partial charge on any atom is -0.383 e. The van der Waals surface area contributed by atoms with Crippen LogP contribution in [-0.2, 0) is 10.4 Å². The maximum Gasteiger partial charge on any atom is 0.220 e. The van der Waals surface area contributed by atoms with Crippen molar-refractivity contribution in [2.75, 3.05) is 6.54 Å². The van der Waals surface area contributed by atoms with Gasteiger partial charge in [-0.25, -0.2) is 0 Å². The van der Waals surface area contributed by atoms with Crippen LogP contribution in [0.15, 0.2) is 30.3 Å². The van der Waals surface area contributed by atoms with E-state index in [1.807, 2.05) is 30.3 Å². The highest BCUT2D eigenvalue weighted by Crippen LogP contribution is 2.45. The number of benzene rings is 1. The van der Waals surface area contributed by atoms with Crippen LogP contribution in [-0.4, -0.2) is 17.6 Å². The third-order valence-corrected chi connectivity index (χ3v) is 5.59. The molecule has 23 heavy (non-hydrogen) atoms. The molecule has 1 aromatic rings. The fraction of sp³-hybridized carbons (Fsp3) is 0.650. The number of hydrogen-bond acceptors (Lipinski definition) is 2. The summed E-state index contributed by atoms with van der Waals surface area (Å²) in [4.78, 5) is 12.2. The van der Waals surface area contributed by atoms with Gasteiger partial charge in [-0.05, 0) is 36.7 Å². The Morgan fingerprint density at radius 1 is 1.09 bits per heavy atom. The van der Waals surface area contributed by atoms with Gasteiger partial charge in [0.25, 0.3) is 0 Å². The smallest absolute Gasteiger partial charge is 0.220 e. The number of rotatable bonds is 7. The zero-order valence-electron chi connectivity index (χ0n) is 14.0. The first-order valence-corrected chi connectivity index (χ1v) is 9.23. The summed E-state index contributed by atoms with van der Waals surface area (Å²) in [5.41, 5.74) is 0.0250. The van der Waals surface area contributed by atoms with Crippen molar-refractivity contribution < 1.29 is 9.90 Å². The number of carbonyl (C=O) groups is 1. The van der Waals surface area contributed by atoms with Crippen LogP contribution in [0, 0.1) is 11.8 Å². The third-order valence-electron chi connectivity index (χ3n) is 5.59. The summed E-state index contributed by atoms with van der Waals surface area (Å²) in [6, 6.07) is 9.79. The Morgan fingerprint density at radius 3 is 2.43 bits per heavy atom. The number of hydrogen-bond donors (Lipinski definition) is 2. The van der Waals surface area contributed by atoms with Gasteiger partial charge in [0.2, 0.25) is 5.91 Å². The highest BCUT2D eigenvalue weighted by atomic mass is 16.3. The first kappa shape index (κ1) is 16.5. The molecule has 0 aliphatic heterocycles. The van der Waals surface area contributed by atoms with Crippen LogP contribution in [0.2, 0.25) is 0 Å². The predicted molar refractivity (Wildman–Crippen MR) is 91.9 cm³/mol. The maximum absolute atomic E-state index is 12.2. The van der Waals surface area contributed by atoms with Crippen LogP contribution in [0.25, 0.3) is 0 Å². The molecule has 2 aliphatic carbocycles. The summed E-state index contributed by atoms with van der Waals surface area (Å²) in [5.74, 6) is 1.10. The van der Waals surface area contributed by atoms with Crippen LogP contribution >= 0.6 is 0 Å². The van der Waals surface area contributed by atoms with Gasteiger partial charge in [-0.3, -0.25) is 4.79 Å². The van der Waals surface area contributed by atoms with Crippen LogP contribution in [0.3, 0.4) is 0 Å². The van der Waals surface area contributed by atoms with E-state index < -0.39 is 5.60 Å². The SMILES string of the molecule is O=C(CCC1CCCCC1)NCC(O)(c1ccccc1)C1CC1. The maximum atomic E-state index is 12.2. The molecular weight excluding hydrogens is 286 g/mol. The molecule has 3 heteroatoms. The fourth-order valence-electron chi connectivity index (χ4n) is 3.90. The summed E-state index contributed by atoms with van der Waals surface area (Å²) >= 11 is 0. The zero-order chi connectivity index (χ0) is 16.1. The molecule has 2 N–H and O–H groups in total. The van der Waals surface area contributed by atoms with Gasteiger partial charge < -0.3 is 10.4 Å². The Labute approximate surface area is 139 Å². The molecule has 2 fully saturated rings. The van der Waals surface area contributed by atoms with E-state index in [1.165, 1.54) is 32.1 Å². The lowest BCUT2D eigenvalue weighted by molar-refractivity contribution is -0.123. The molecule has 0 aromatic heterocycles. The Bertz CT molecular complexity index is 506. The largest absolute Gasteiger partial charge is 0.383 e. The minimum atomic E-state index is -0.901. The molecule has 126 valence electrons. The average Bonchev–Trinajstić information content (AvgIpc) is 3.45. The molecule has 3 nitrogen and oxygen atoms in total. The van der Waals surface area contributed by atoms with Gasteiger partial charge >= 0.3 is 0 Å². The molecule has 0 spiro atoms. The summed E-state index contributed by atoms with van der Waals surface area (Å²) in [5, 5.41) is 14.1. The van der Waals surface area contributed by atoms with Gasteiger partial charge in [-0.1, -0.05) is 62.4 Å². The lowest BCUT2D eigenvalue weighted by Crippen LogP contribution is -2.42. The molecule has 3 rings (SSSR count). The molecular formula is C20H29NO2. The van der Waals surface area contributed by atoms with E-state index in [0.29, 0.717) is 13.0 Å². The topological polar surface area (TPSA) is 49.3 Å². The van der Waals surface area contributed by atoms with Crippen molar-refractivity contribution in [3.05, 3.63) is 35.9 Å². The van der Waals surface area contributed by atoms with E-state index in [-0.39, 0.29) is 11.8 Å². The summed E-state index contributed by atoms with van der Waals surface area (Å²) in [6.07, 6.45) is 10.2. The minimum absolute atomic E-state index is 0.0885. The lowest BCUT2D eigenvalue weighted by Gasteiger charge is -2.29. The molecule has 0 heterocycles. The molecule has 1 aromatic carbocycles. The number of aliphatic hydroxyl groups is 1. The Hall–Kier alpha value is -1.35. The van der Waals surface area contributed by atoms with Crippen molar-refractivity contribution in [3.63, 3.8) is 0 Å². The van der Waals surface area contributed by atoms with Crippen molar-refractivity contribution in [1.82, 2.24) is 5.32 Å². The zero-order valence-corrected chi connectivity index (χ0v) is 14.0. The van der Waals surface area contributed by atoms with E-state index in [4.69, 9.17) is 0 Å². The summed E-state index contributed by atoms with van der Waals surface area (Å²) in [7, 11) is 0. The molecule has 0 saturated heterocycles. The van der Waals surface area contributed by atoms with Crippen LogP contribution in [0.4, 0.5) is 0 Å². The normalized spacial score (nSPS) is 21.6. The number of nitrogens with one attached hydrogen (secondary N) is 1.